The van der Waals surface area contributed by atoms with E-state index in [0.717, 1.165) is 24.3 Å². The topological polar surface area (TPSA) is 9.23 Å². The van der Waals surface area contributed by atoms with E-state index < -0.39 is 8.07 Å². The lowest BCUT2D eigenvalue weighted by Gasteiger charge is -2.05. The number of hydrogen-bond donors (Lipinski definition) is 0. The van der Waals surface area contributed by atoms with Crippen LogP contribution in [0.2, 0.25) is 19.6 Å². The summed E-state index contributed by atoms with van der Waals surface area (Å²) in [7, 11) is -1.27. The van der Waals surface area contributed by atoms with Gasteiger partial charge in [0.1, 0.15) is 13.8 Å². The van der Waals surface area contributed by atoms with Gasteiger partial charge in [-0.1, -0.05) is 32.5 Å². The molecule has 0 heterocycles. The minimum Gasteiger partial charge on any atom is -0.494 e. The molecule has 0 aromatic heterocycles. The molecule has 0 aliphatic heterocycles. The van der Waals surface area contributed by atoms with E-state index in [1.54, 1.807) is 0 Å². The van der Waals surface area contributed by atoms with Crippen molar-refractivity contribution in [2.75, 3.05) is 6.61 Å². The van der Waals surface area contributed by atoms with Crippen LogP contribution >= 0.6 is 0 Å². The summed E-state index contributed by atoms with van der Waals surface area (Å²) in [4.78, 5) is 0. The van der Waals surface area contributed by atoms with E-state index in [1.165, 1.54) is 0 Å². The molecule has 0 N–H and O–H groups in total. The minimum atomic E-state index is -1.27. The first-order valence-corrected chi connectivity index (χ1v) is 9.27. The Bertz CT molecular complexity index is 376. The SMILES string of the molecule is CCCOc1ccc(C#C[Si](C)(C)C)cc1. The molecule has 86 valence electrons. The lowest BCUT2D eigenvalue weighted by molar-refractivity contribution is 0.317. The van der Waals surface area contributed by atoms with E-state index in [-0.39, 0.29) is 0 Å². The van der Waals surface area contributed by atoms with E-state index in [9.17, 15) is 0 Å². The van der Waals surface area contributed by atoms with Gasteiger partial charge in [0.05, 0.1) is 6.61 Å². The third-order valence-corrected chi connectivity index (χ3v) is 2.78. The van der Waals surface area contributed by atoms with Crippen molar-refractivity contribution in [3.63, 3.8) is 0 Å². The van der Waals surface area contributed by atoms with Gasteiger partial charge in [-0.05, 0) is 30.7 Å². The van der Waals surface area contributed by atoms with Crippen LogP contribution in [0.4, 0.5) is 0 Å². The fourth-order valence-corrected chi connectivity index (χ4v) is 1.63. The largest absolute Gasteiger partial charge is 0.494 e. The van der Waals surface area contributed by atoms with Gasteiger partial charge in [0.15, 0.2) is 0 Å². The zero-order valence-corrected chi connectivity index (χ0v) is 11.6. The Kier molecular flexibility index (Phi) is 4.64. The Morgan fingerprint density at radius 2 is 1.75 bits per heavy atom. The smallest absolute Gasteiger partial charge is 0.129 e. The maximum Gasteiger partial charge on any atom is 0.129 e. The number of benzene rings is 1. The van der Waals surface area contributed by atoms with E-state index >= 15 is 0 Å². The lowest BCUT2D eigenvalue weighted by atomic mass is 10.2. The van der Waals surface area contributed by atoms with Crippen LogP contribution in [0.1, 0.15) is 18.9 Å². The first-order chi connectivity index (χ1) is 7.51. The molecule has 1 rings (SSSR count). The van der Waals surface area contributed by atoms with Crippen LogP contribution in [-0.4, -0.2) is 14.7 Å². The van der Waals surface area contributed by atoms with Gasteiger partial charge in [0, 0.05) is 5.56 Å². The van der Waals surface area contributed by atoms with E-state index in [1.807, 2.05) is 24.3 Å². The molecule has 16 heavy (non-hydrogen) atoms. The summed E-state index contributed by atoms with van der Waals surface area (Å²) in [5.74, 6) is 4.16. The molecule has 0 saturated carbocycles. The average molecular weight is 232 g/mol. The summed E-state index contributed by atoms with van der Waals surface area (Å²) >= 11 is 0. The highest BCUT2D eigenvalue weighted by atomic mass is 28.3. The van der Waals surface area contributed by atoms with Crippen molar-refractivity contribution in [1.82, 2.24) is 0 Å². The van der Waals surface area contributed by atoms with Crippen LogP contribution in [-0.2, 0) is 0 Å². The fourth-order valence-electron chi connectivity index (χ4n) is 1.11. The second kappa shape index (κ2) is 5.76. The summed E-state index contributed by atoms with van der Waals surface area (Å²) in [6.07, 6.45) is 1.04. The quantitative estimate of drug-likeness (QED) is 0.570. The maximum absolute atomic E-state index is 5.52. The van der Waals surface area contributed by atoms with E-state index in [4.69, 9.17) is 4.74 Å². The van der Waals surface area contributed by atoms with Crippen LogP contribution < -0.4 is 4.74 Å². The Morgan fingerprint density at radius 3 is 2.25 bits per heavy atom. The van der Waals surface area contributed by atoms with Gasteiger partial charge >= 0.3 is 0 Å². The molecule has 1 aromatic carbocycles. The van der Waals surface area contributed by atoms with Crippen LogP contribution in [0.25, 0.3) is 0 Å². The van der Waals surface area contributed by atoms with Crippen molar-refractivity contribution in [2.45, 2.75) is 33.0 Å². The lowest BCUT2D eigenvalue weighted by Crippen LogP contribution is -2.16. The molecule has 2 heteroatoms. The molecule has 0 atom stereocenters. The molecule has 0 aliphatic carbocycles. The molecule has 0 saturated heterocycles. The monoisotopic (exact) mass is 232 g/mol. The second-order valence-electron chi connectivity index (χ2n) is 4.87. The molecule has 0 amide bonds. The molecule has 0 radical (unpaired) electrons. The third kappa shape index (κ3) is 5.04. The zero-order valence-electron chi connectivity index (χ0n) is 10.6. The molecule has 1 nitrogen and oxygen atoms in total. The van der Waals surface area contributed by atoms with Gasteiger partial charge in [-0.15, -0.1) is 5.54 Å². The molecule has 1 aromatic rings. The average Bonchev–Trinajstić information content (AvgIpc) is 2.24. The third-order valence-electron chi connectivity index (χ3n) is 1.91. The summed E-state index contributed by atoms with van der Waals surface area (Å²) < 4.78 is 5.52. The van der Waals surface area contributed by atoms with Crippen molar-refractivity contribution < 1.29 is 4.74 Å². The van der Waals surface area contributed by atoms with Crippen molar-refractivity contribution in [1.29, 1.82) is 0 Å². The van der Waals surface area contributed by atoms with Crippen LogP contribution in [0, 0.1) is 11.5 Å². The first-order valence-electron chi connectivity index (χ1n) is 5.77. The Hall–Kier alpha value is -1.20. The van der Waals surface area contributed by atoms with Gasteiger partial charge in [-0.3, -0.25) is 0 Å². The predicted molar refractivity (Wildman–Crippen MR) is 72.5 cm³/mol. The van der Waals surface area contributed by atoms with Gasteiger partial charge in [0.25, 0.3) is 0 Å². The van der Waals surface area contributed by atoms with E-state index in [0.29, 0.717) is 0 Å². The molecule has 0 aliphatic rings. The molecule has 0 bridgehead atoms. The normalized spacial score (nSPS) is 10.5. The summed E-state index contributed by atoms with van der Waals surface area (Å²) in [5, 5.41) is 0. The molecular weight excluding hydrogens is 212 g/mol. The van der Waals surface area contributed by atoms with Gasteiger partial charge < -0.3 is 4.74 Å². The summed E-state index contributed by atoms with van der Waals surface area (Å²) in [6.45, 7) is 9.63. The van der Waals surface area contributed by atoms with Crippen LogP contribution in [0.15, 0.2) is 24.3 Å². The van der Waals surface area contributed by atoms with Gasteiger partial charge in [-0.25, -0.2) is 0 Å². The first kappa shape index (κ1) is 12.9. The highest BCUT2D eigenvalue weighted by molar-refractivity contribution is 6.83. The number of ether oxygens (including phenoxy) is 1. The number of hydrogen-bond acceptors (Lipinski definition) is 1. The number of rotatable bonds is 3. The highest BCUT2D eigenvalue weighted by Gasteiger charge is 2.07. The van der Waals surface area contributed by atoms with Crippen molar-refractivity contribution in [3.8, 4) is 17.2 Å². The Balaban J connectivity index is 2.67. The zero-order chi connectivity index (χ0) is 12.0. The van der Waals surface area contributed by atoms with Crippen LogP contribution in [0.5, 0.6) is 5.75 Å². The van der Waals surface area contributed by atoms with Crippen LogP contribution in [0.3, 0.4) is 0 Å². The fraction of sp³-hybridized carbons (Fsp3) is 0.429. The van der Waals surface area contributed by atoms with Crippen molar-refractivity contribution >= 4 is 8.07 Å². The highest BCUT2D eigenvalue weighted by Crippen LogP contribution is 2.12. The second-order valence-corrected chi connectivity index (χ2v) is 9.62. The molecule has 0 spiro atoms. The van der Waals surface area contributed by atoms with E-state index in [2.05, 4.69) is 38.0 Å². The molecule has 0 unspecified atom stereocenters. The summed E-state index contributed by atoms with van der Waals surface area (Å²) in [5.41, 5.74) is 4.42. The summed E-state index contributed by atoms with van der Waals surface area (Å²) in [6, 6.07) is 8.03. The van der Waals surface area contributed by atoms with Gasteiger partial charge in [0.2, 0.25) is 0 Å². The molecule has 0 fully saturated rings. The standard InChI is InChI=1S/C14H20OSi/c1-5-11-15-14-8-6-13(7-9-14)10-12-16(2,3)4/h6-9H,5,11H2,1-4H3. The van der Waals surface area contributed by atoms with Crippen molar-refractivity contribution in [2.24, 2.45) is 0 Å². The Morgan fingerprint density at radius 1 is 1.12 bits per heavy atom. The Labute approximate surface area is 99.8 Å². The molecular formula is C14H20OSi. The predicted octanol–water partition coefficient (Wildman–Crippen LogP) is 3.70. The van der Waals surface area contributed by atoms with Gasteiger partial charge in [-0.2, -0.15) is 0 Å². The minimum absolute atomic E-state index is 0.778. The maximum atomic E-state index is 5.52. The van der Waals surface area contributed by atoms with Crippen molar-refractivity contribution in [3.05, 3.63) is 29.8 Å².